The number of piperidine rings is 1. The lowest BCUT2D eigenvalue weighted by Gasteiger charge is -2.33. The molecule has 184 valence electrons. The van der Waals surface area contributed by atoms with E-state index >= 15 is 0 Å². The fourth-order valence-corrected chi connectivity index (χ4v) is 3.87. The molecule has 34 heavy (non-hydrogen) atoms. The summed E-state index contributed by atoms with van der Waals surface area (Å²) in [6, 6.07) is 10.8. The zero-order chi connectivity index (χ0) is 24.9. The van der Waals surface area contributed by atoms with Crippen LogP contribution in [-0.2, 0) is 16.2 Å². The van der Waals surface area contributed by atoms with Gasteiger partial charge in [-0.15, -0.1) is 0 Å². The number of nitrogens with zero attached hydrogens (tertiary/aromatic N) is 3. The van der Waals surface area contributed by atoms with E-state index in [9.17, 15) is 9.59 Å². The van der Waals surface area contributed by atoms with Crippen LogP contribution >= 0.6 is 11.6 Å². The predicted octanol–water partition coefficient (Wildman–Crippen LogP) is 5.06. The minimum Gasteiger partial charge on any atom is -0.473 e. The minimum absolute atomic E-state index is 0.223. The molecule has 2 amide bonds. The van der Waals surface area contributed by atoms with Crippen LogP contribution in [0, 0.1) is 0 Å². The molecule has 1 aliphatic heterocycles. The molecule has 0 spiro atoms. The van der Waals surface area contributed by atoms with Crippen LogP contribution in [-0.4, -0.2) is 59.8 Å². The first-order valence-corrected chi connectivity index (χ1v) is 11.6. The number of hydrogen-bond acceptors (Lipinski definition) is 6. The number of ether oxygens (including phenoxy) is 2. The molecule has 0 radical (unpaired) electrons. The van der Waals surface area contributed by atoms with Crippen LogP contribution in [0.1, 0.15) is 61.1 Å². The van der Waals surface area contributed by atoms with Gasteiger partial charge in [0.25, 0.3) is 5.91 Å². The number of likely N-dealkylation sites (tertiary alicyclic amines) is 1. The average Bonchev–Trinajstić information content (AvgIpc) is 2.81. The Balaban J connectivity index is 1.57. The number of pyridine rings is 1. The molecule has 1 aromatic heterocycles. The molecule has 1 aliphatic rings. The highest BCUT2D eigenvalue weighted by atomic mass is 35.5. The molecule has 0 bridgehead atoms. The average molecular weight is 490 g/mol. The van der Waals surface area contributed by atoms with Crippen molar-refractivity contribution in [3.05, 3.63) is 58.2 Å². The highest BCUT2D eigenvalue weighted by molar-refractivity contribution is 6.31. The Labute approximate surface area is 205 Å². The summed E-state index contributed by atoms with van der Waals surface area (Å²) in [5, 5.41) is 1.57. The van der Waals surface area contributed by atoms with E-state index in [2.05, 4.69) is 4.98 Å². The number of hydrogen-bond donors (Lipinski definition) is 0. The van der Waals surface area contributed by atoms with E-state index in [0.717, 1.165) is 29.2 Å². The number of benzene rings is 1. The van der Waals surface area contributed by atoms with Gasteiger partial charge in [-0.3, -0.25) is 9.63 Å². The molecule has 1 aromatic carbocycles. The summed E-state index contributed by atoms with van der Waals surface area (Å²) in [6.45, 7) is 7.09. The Morgan fingerprint density at radius 2 is 1.88 bits per heavy atom. The van der Waals surface area contributed by atoms with Crippen molar-refractivity contribution < 1.29 is 23.9 Å². The van der Waals surface area contributed by atoms with E-state index in [0.29, 0.717) is 29.6 Å². The van der Waals surface area contributed by atoms with Gasteiger partial charge in [0, 0.05) is 54.0 Å². The van der Waals surface area contributed by atoms with Gasteiger partial charge >= 0.3 is 6.09 Å². The van der Waals surface area contributed by atoms with Gasteiger partial charge in [-0.1, -0.05) is 23.7 Å². The topological polar surface area (TPSA) is 81.2 Å². The number of carbonyl (C=O) groups is 2. The third-order valence-corrected chi connectivity index (χ3v) is 5.90. The van der Waals surface area contributed by atoms with Gasteiger partial charge in [0.15, 0.2) is 0 Å². The summed E-state index contributed by atoms with van der Waals surface area (Å²) in [7, 11) is 2.96. The zero-order valence-corrected chi connectivity index (χ0v) is 21.1. The van der Waals surface area contributed by atoms with Gasteiger partial charge in [0.1, 0.15) is 12.2 Å². The lowest BCUT2D eigenvalue weighted by molar-refractivity contribution is -0.0757. The van der Waals surface area contributed by atoms with Gasteiger partial charge in [0.2, 0.25) is 5.88 Å². The van der Waals surface area contributed by atoms with Gasteiger partial charge in [-0.25, -0.2) is 14.8 Å². The molecule has 0 aliphatic carbocycles. The molecular weight excluding hydrogens is 458 g/mol. The second-order valence-corrected chi connectivity index (χ2v) is 9.63. The van der Waals surface area contributed by atoms with E-state index < -0.39 is 5.60 Å². The largest absolute Gasteiger partial charge is 0.473 e. The van der Waals surface area contributed by atoms with Gasteiger partial charge in [0.05, 0.1) is 7.11 Å². The van der Waals surface area contributed by atoms with Gasteiger partial charge in [-0.2, -0.15) is 0 Å². The molecular formula is C25H32ClN3O5. The zero-order valence-electron chi connectivity index (χ0n) is 20.3. The van der Waals surface area contributed by atoms with E-state index in [1.807, 2.05) is 32.9 Å². The van der Waals surface area contributed by atoms with Gasteiger partial charge in [-0.05, 0) is 51.8 Å². The van der Waals surface area contributed by atoms with Crippen molar-refractivity contribution in [2.75, 3.05) is 27.2 Å². The van der Waals surface area contributed by atoms with E-state index in [1.165, 1.54) is 14.2 Å². The Morgan fingerprint density at radius 1 is 1.18 bits per heavy atom. The summed E-state index contributed by atoms with van der Waals surface area (Å²) < 4.78 is 11.4. The lowest BCUT2D eigenvalue weighted by Crippen LogP contribution is -2.41. The summed E-state index contributed by atoms with van der Waals surface area (Å²) >= 11 is 6.37. The molecule has 0 N–H and O–H groups in total. The van der Waals surface area contributed by atoms with Crippen LogP contribution in [0.2, 0.25) is 5.02 Å². The first-order valence-electron chi connectivity index (χ1n) is 11.3. The number of aromatic nitrogens is 1. The Kier molecular flexibility index (Phi) is 8.38. The molecule has 1 saturated heterocycles. The third kappa shape index (κ3) is 6.84. The molecule has 9 heteroatoms. The minimum atomic E-state index is -0.500. The predicted molar refractivity (Wildman–Crippen MR) is 129 cm³/mol. The van der Waals surface area contributed by atoms with Crippen molar-refractivity contribution in [1.29, 1.82) is 0 Å². The quantitative estimate of drug-likeness (QED) is 0.527. The standard InChI is InChI=1S/C25H32ClN3O5/c1-25(2,3)34-24(31)29-13-11-17(12-14-29)21-7-6-8-22(27-21)33-16-19-10-9-18(15-20(19)26)23(30)28(4)32-5/h6-10,15,17H,11-14,16H2,1-5H3. The molecule has 2 heterocycles. The van der Waals surface area contributed by atoms with Crippen molar-refractivity contribution in [2.45, 2.75) is 51.7 Å². The number of hydroxylamine groups is 2. The highest BCUT2D eigenvalue weighted by Crippen LogP contribution is 2.29. The smallest absolute Gasteiger partial charge is 0.410 e. The normalized spacial score (nSPS) is 14.6. The Morgan fingerprint density at radius 3 is 2.50 bits per heavy atom. The summed E-state index contributed by atoms with van der Waals surface area (Å²) in [5.41, 5.74) is 1.61. The molecule has 3 rings (SSSR count). The van der Waals surface area contributed by atoms with Crippen LogP contribution in [0.3, 0.4) is 0 Å². The van der Waals surface area contributed by atoms with Crippen LogP contribution in [0.4, 0.5) is 4.79 Å². The first-order chi connectivity index (χ1) is 16.1. The number of halogens is 1. The SMILES string of the molecule is CON(C)C(=O)c1ccc(COc2cccc(C3CCN(C(=O)OC(C)(C)C)CC3)n2)c(Cl)c1. The van der Waals surface area contributed by atoms with Crippen molar-refractivity contribution >= 4 is 23.6 Å². The lowest BCUT2D eigenvalue weighted by atomic mass is 9.93. The fraction of sp³-hybridized carbons (Fsp3) is 0.480. The summed E-state index contributed by atoms with van der Waals surface area (Å²) in [5.74, 6) is 0.459. The number of rotatable bonds is 6. The fourth-order valence-electron chi connectivity index (χ4n) is 3.64. The first kappa shape index (κ1) is 25.8. The van der Waals surface area contributed by atoms with Crippen molar-refractivity contribution in [3.8, 4) is 5.88 Å². The monoisotopic (exact) mass is 489 g/mol. The van der Waals surface area contributed by atoms with Crippen LogP contribution < -0.4 is 4.74 Å². The second-order valence-electron chi connectivity index (χ2n) is 9.22. The third-order valence-electron chi connectivity index (χ3n) is 5.55. The van der Waals surface area contributed by atoms with Gasteiger partial charge < -0.3 is 14.4 Å². The molecule has 1 fully saturated rings. The summed E-state index contributed by atoms with van der Waals surface area (Å²) in [4.78, 5) is 35.8. The van der Waals surface area contributed by atoms with E-state index in [4.69, 9.17) is 25.9 Å². The van der Waals surface area contributed by atoms with E-state index in [-0.39, 0.29) is 24.5 Å². The van der Waals surface area contributed by atoms with E-state index in [1.54, 1.807) is 29.2 Å². The number of carbonyl (C=O) groups excluding carboxylic acids is 2. The van der Waals surface area contributed by atoms with Crippen molar-refractivity contribution in [3.63, 3.8) is 0 Å². The maximum absolute atomic E-state index is 12.3. The van der Waals surface area contributed by atoms with Crippen LogP contribution in [0.25, 0.3) is 0 Å². The van der Waals surface area contributed by atoms with Crippen LogP contribution in [0.5, 0.6) is 5.88 Å². The van der Waals surface area contributed by atoms with Crippen molar-refractivity contribution in [2.24, 2.45) is 0 Å². The number of amides is 2. The Bertz CT molecular complexity index is 1020. The maximum atomic E-state index is 12.3. The molecule has 0 unspecified atom stereocenters. The Hall–Kier alpha value is -2.84. The highest BCUT2D eigenvalue weighted by Gasteiger charge is 2.28. The maximum Gasteiger partial charge on any atom is 0.410 e. The molecule has 0 atom stereocenters. The van der Waals surface area contributed by atoms with Crippen LogP contribution in [0.15, 0.2) is 36.4 Å². The summed E-state index contributed by atoms with van der Waals surface area (Å²) in [6.07, 6.45) is 1.36. The molecule has 0 saturated carbocycles. The molecule has 2 aromatic rings. The molecule has 8 nitrogen and oxygen atoms in total. The van der Waals surface area contributed by atoms with Crippen molar-refractivity contribution in [1.82, 2.24) is 14.9 Å². The second kappa shape index (κ2) is 11.1.